The molecule has 3 heterocycles. The molecule has 1 unspecified atom stereocenters. The smallest absolute Gasteiger partial charge is 0.228 e. The van der Waals surface area contributed by atoms with E-state index in [0.717, 1.165) is 70.1 Å². The van der Waals surface area contributed by atoms with Crippen LogP contribution < -0.4 is 15.1 Å². The molecule has 2 amide bonds. The fourth-order valence-electron chi connectivity index (χ4n) is 4.29. The Labute approximate surface area is 184 Å². The second-order valence-electron chi connectivity index (χ2n) is 8.29. The van der Waals surface area contributed by atoms with Gasteiger partial charge in [0.2, 0.25) is 22.1 Å². The van der Waals surface area contributed by atoms with Crippen LogP contribution in [-0.4, -0.2) is 72.7 Å². The Balaban J connectivity index is 1.44. The van der Waals surface area contributed by atoms with Gasteiger partial charge in [0.05, 0.1) is 5.92 Å². The lowest BCUT2D eigenvalue weighted by atomic mass is 9.97. The van der Waals surface area contributed by atoms with Crippen LogP contribution in [0.3, 0.4) is 0 Å². The summed E-state index contributed by atoms with van der Waals surface area (Å²) < 4.78 is 0. The van der Waals surface area contributed by atoms with Gasteiger partial charge in [-0.15, -0.1) is 10.2 Å². The maximum atomic E-state index is 12.7. The third-order valence-electron chi connectivity index (χ3n) is 5.80. The summed E-state index contributed by atoms with van der Waals surface area (Å²) in [6.45, 7) is 10.7. The Bertz CT molecular complexity index is 691. The summed E-state index contributed by atoms with van der Waals surface area (Å²) in [7, 11) is 0. The van der Waals surface area contributed by atoms with Crippen molar-refractivity contribution in [3.8, 4) is 0 Å². The molecule has 2 saturated heterocycles. The Kier molecular flexibility index (Phi) is 8.87. The van der Waals surface area contributed by atoms with E-state index in [1.54, 1.807) is 4.90 Å². The predicted octanol–water partition coefficient (Wildman–Crippen LogP) is 2.51. The van der Waals surface area contributed by atoms with Crippen molar-refractivity contribution in [2.24, 2.45) is 5.92 Å². The molecule has 2 fully saturated rings. The third kappa shape index (κ3) is 6.14. The highest BCUT2D eigenvalue weighted by atomic mass is 32.1. The molecule has 2 aliphatic rings. The van der Waals surface area contributed by atoms with Crippen LogP contribution in [0.1, 0.15) is 58.8 Å². The second-order valence-corrected chi connectivity index (χ2v) is 9.22. The van der Waals surface area contributed by atoms with Crippen molar-refractivity contribution in [1.82, 2.24) is 20.4 Å². The van der Waals surface area contributed by atoms with Crippen LogP contribution >= 0.6 is 11.3 Å². The normalized spacial score (nSPS) is 19.7. The largest absolute Gasteiger partial charge is 0.356 e. The molecule has 1 aromatic heterocycles. The summed E-state index contributed by atoms with van der Waals surface area (Å²) in [6.07, 6.45) is 6.69. The van der Waals surface area contributed by atoms with E-state index in [0.29, 0.717) is 18.1 Å². The number of hydrogen-bond donors (Lipinski definition) is 1. The maximum Gasteiger partial charge on any atom is 0.228 e. The van der Waals surface area contributed by atoms with Crippen LogP contribution in [0.5, 0.6) is 0 Å². The lowest BCUT2D eigenvalue weighted by molar-refractivity contribution is -0.125. The number of rotatable bonds is 11. The van der Waals surface area contributed by atoms with Crippen LogP contribution in [0.4, 0.5) is 10.3 Å². The minimum atomic E-state index is -0.0121. The number of anilines is 2. The Hall–Kier alpha value is -1.74. The van der Waals surface area contributed by atoms with E-state index in [4.69, 9.17) is 0 Å². The van der Waals surface area contributed by atoms with Gasteiger partial charge >= 0.3 is 0 Å². The first-order chi connectivity index (χ1) is 14.6. The van der Waals surface area contributed by atoms with Gasteiger partial charge in [-0.2, -0.15) is 0 Å². The molecule has 0 aromatic carbocycles. The van der Waals surface area contributed by atoms with Crippen LogP contribution in [0.15, 0.2) is 0 Å². The highest BCUT2D eigenvalue weighted by Gasteiger charge is 2.29. The Morgan fingerprint density at radius 3 is 2.60 bits per heavy atom. The SMILES string of the molecule is CCCN(CCC)CCCNC(=O)C1CCCN(c2nnc(N3CCCC3=O)s2)C1. The molecular weight excluding hydrogens is 400 g/mol. The highest BCUT2D eigenvalue weighted by Crippen LogP contribution is 2.32. The lowest BCUT2D eigenvalue weighted by Crippen LogP contribution is -2.43. The van der Waals surface area contributed by atoms with E-state index in [1.165, 1.54) is 24.2 Å². The zero-order chi connectivity index (χ0) is 21.3. The lowest BCUT2D eigenvalue weighted by Gasteiger charge is -2.31. The van der Waals surface area contributed by atoms with Crippen molar-refractivity contribution >= 4 is 33.4 Å². The van der Waals surface area contributed by atoms with Crippen molar-refractivity contribution in [2.45, 2.75) is 58.8 Å². The zero-order valence-corrected chi connectivity index (χ0v) is 19.3. The number of nitrogens with one attached hydrogen (secondary N) is 1. The molecule has 2 aliphatic heterocycles. The van der Waals surface area contributed by atoms with Gasteiger partial charge in [-0.05, 0) is 58.2 Å². The Morgan fingerprint density at radius 2 is 1.90 bits per heavy atom. The monoisotopic (exact) mass is 436 g/mol. The van der Waals surface area contributed by atoms with Gasteiger partial charge in [-0.1, -0.05) is 25.2 Å². The van der Waals surface area contributed by atoms with Gasteiger partial charge in [0.15, 0.2) is 0 Å². The minimum Gasteiger partial charge on any atom is -0.356 e. The molecule has 0 saturated carbocycles. The molecule has 0 spiro atoms. The molecule has 0 bridgehead atoms. The first kappa shape index (κ1) is 22.9. The summed E-state index contributed by atoms with van der Waals surface area (Å²) >= 11 is 1.46. The predicted molar refractivity (Wildman–Crippen MR) is 121 cm³/mol. The van der Waals surface area contributed by atoms with Crippen molar-refractivity contribution in [1.29, 1.82) is 0 Å². The number of carbonyl (C=O) groups is 2. The fourth-order valence-corrected chi connectivity index (χ4v) is 5.21. The van der Waals surface area contributed by atoms with E-state index in [2.05, 4.69) is 39.2 Å². The number of amides is 2. The van der Waals surface area contributed by atoms with Gasteiger partial charge in [0.25, 0.3) is 0 Å². The topological polar surface area (TPSA) is 81.7 Å². The molecule has 3 rings (SSSR count). The van der Waals surface area contributed by atoms with E-state index >= 15 is 0 Å². The second kappa shape index (κ2) is 11.6. The molecular formula is C21H36N6O2S. The molecule has 0 radical (unpaired) electrons. The number of aromatic nitrogens is 2. The van der Waals surface area contributed by atoms with Gasteiger partial charge < -0.3 is 15.1 Å². The molecule has 1 atom stereocenters. The maximum absolute atomic E-state index is 12.7. The summed E-state index contributed by atoms with van der Waals surface area (Å²) in [5.74, 6) is 0.267. The van der Waals surface area contributed by atoms with Crippen LogP contribution in [-0.2, 0) is 9.59 Å². The number of hydrogen-bond acceptors (Lipinski definition) is 7. The zero-order valence-electron chi connectivity index (χ0n) is 18.4. The summed E-state index contributed by atoms with van der Waals surface area (Å²) in [5.41, 5.74) is 0. The molecule has 0 aliphatic carbocycles. The first-order valence-electron chi connectivity index (χ1n) is 11.5. The van der Waals surface area contributed by atoms with Gasteiger partial charge in [0.1, 0.15) is 0 Å². The van der Waals surface area contributed by atoms with Crippen molar-refractivity contribution < 1.29 is 9.59 Å². The van der Waals surface area contributed by atoms with E-state index in [1.807, 2.05) is 0 Å². The number of carbonyl (C=O) groups excluding carboxylic acids is 2. The molecule has 9 heteroatoms. The summed E-state index contributed by atoms with van der Waals surface area (Å²) in [6, 6.07) is 0. The van der Waals surface area contributed by atoms with E-state index in [-0.39, 0.29) is 17.7 Å². The standard InChI is InChI=1S/C21H36N6O2S/c1-3-11-25(12-4-2)13-7-10-22-19(29)17-8-5-14-26(16-17)20-23-24-21(30-20)27-15-6-9-18(27)28/h17H,3-16H2,1-2H3,(H,22,29). The average Bonchev–Trinajstić information content (AvgIpc) is 3.40. The van der Waals surface area contributed by atoms with Crippen LogP contribution in [0.25, 0.3) is 0 Å². The Morgan fingerprint density at radius 1 is 1.13 bits per heavy atom. The van der Waals surface area contributed by atoms with Crippen molar-refractivity contribution in [2.75, 3.05) is 55.6 Å². The molecule has 1 N–H and O–H groups in total. The fraction of sp³-hybridized carbons (Fsp3) is 0.810. The van der Waals surface area contributed by atoms with E-state index < -0.39 is 0 Å². The first-order valence-corrected chi connectivity index (χ1v) is 12.3. The van der Waals surface area contributed by atoms with E-state index in [9.17, 15) is 9.59 Å². The minimum absolute atomic E-state index is 0.0121. The summed E-state index contributed by atoms with van der Waals surface area (Å²) in [5, 5.41) is 13.2. The van der Waals surface area contributed by atoms with Crippen LogP contribution in [0, 0.1) is 5.92 Å². The van der Waals surface area contributed by atoms with Crippen molar-refractivity contribution in [3.63, 3.8) is 0 Å². The van der Waals surface area contributed by atoms with Crippen LogP contribution in [0.2, 0.25) is 0 Å². The number of nitrogens with zero attached hydrogens (tertiary/aromatic N) is 5. The average molecular weight is 437 g/mol. The third-order valence-corrected chi connectivity index (χ3v) is 6.81. The summed E-state index contributed by atoms with van der Waals surface area (Å²) in [4.78, 5) is 31.0. The highest BCUT2D eigenvalue weighted by molar-refractivity contribution is 7.19. The van der Waals surface area contributed by atoms with Gasteiger partial charge in [0, 0.05) is 32.6 Å². The molecule has 8 nitrogen and oxygen atoms in total. The van der Waals surface area contributed by atoms with Crippen molar-refractivity contribution in [3.05, 3.63) is 0 Å². The van der Waals surface area contributed by atoms with Gasteiger partial charge in [-0.25, -0.2) is 0 Å². The van der Waals surface area contributed by atoms with Gasteiger partial charge in [-0.3, -0.25) is 14.5 Å². The molecule has 1 aromatic rings. The number of piperidine rings is 1. The molecule has 30 heavy (non-hydrogen) atoms. The quantitative estimate of drug-likeness (QED) is 0.537. The molecule has 168 valence electrons.